The van der Waals surface area contributed by atoms with Gasteiger partial charge < -0.3 is 5.32 Å². The smallest absolute Gasteiger partial charge is 0.293 e. The number of nitro benzene ring substituents is 1. The molecule has 1 unspecified atom stereocenters. The summed E-state index contributed by atoms with van der Waals surface area (Å²) in [5, 5.41) is 13.7. The van der Waals surface area contributed by atoms with E-state index >= 15 is 0 Å². The van der Waals surface area contributed by atoms with Gasteiger partial charge in [-0.3, -0.25) is 10.1 Å². The fourth-order valence-corrected chi connectivity index (χ4v) is 3.66. The summed E-state index contributed by atoms with van der Waals surface area (Å²) < 4.78 is 27.3. The van der Waals surface area contributed by atoms with E-state index in [0.29, 0.717) is 12.0 Å². The molecule has 0 heterocycles. The number of nitrogens with zero attached hydrogens (tertiary/aromatic N) is 1. The largest absolute Gasteiger partial charge is 0.383 e. The van der Waals surface area contributed by atoms with Gasteiger partial charge in [0.1, 0.15) is 5.69 Å². The van der Waals surface area contributed by atoms with Gasteiger partial charge in [0.25, 0.3) is 5.69 Å². The highest BCUT2D eigenvalue weighted by atomic mass is 32.2. The van der Waals surface area contributed by atoms with Crippen molar-refractivity contribution in [3.8, 4) is 0 Å². The third kappa shape index (κ3) is 4.15. The zero-order chi connectivity index (χ0) is 16.2. The summed E-state index contributed by atoms with van der Waals surface area (Å²) in [7, 11) is -2.22. The summed E-state index contributed by atoms with van der Waals surface area (Å²) in [4.78, 5) is 10.4. The quantitative estimate of drug-likeness (QED) is 0.594. The molecule has 1 aromatic rings. The van der Waals surface area contributed by atoms with E-state index < -0.39 is 14.9 Å². The second-order valence-corrected chi connectivity index (χ2v) is 6.64. The van der Waals surface area contributed by atoms with Gasteiger partial charge in [-0.1, -0.05) is 13.3 Å². The van der Waals surface area contributed by atoms with Crippen molar-refractivity contribution >= 4 is 21.4 Å². The van der Waals surface area contributed by atoms with E-state index in [1.165, 1.54) is 6.07 Å². The first-order valence-corrected chi connectivity index (χ1v) is 8.20. The van der Waals surface area contributed by atoms with Crippen molar-refractivity contribution in [2.75, 3.05) is 12.4 Å². The van der Waals surface area contributed by atoms with Gasteiger partial charge in [0, 0.05) is 19.2 Å². The normalized spacial score (nSPS) is 13.0. The molecule has 0 fully saturated rings. The zero-order valence-corrected chi connectivity index (χ0v) is 13.5. The Morgan fingerprint density at radius 3 is 2.48 bits per heavy atom. The first-order valence-electron chi connectivity index (χ1n) is 6.72. The summed E-state index contributed by atoms with van der Waals surface area (Å²) in [6.07, 6.45) is 1.55. The van der Waals surface area contributed by atoms with Crippen LogP contribution in [-0.4, -0.2) is 26.4 Å². The molecule has 0 saturated carbocycles. The van der Waals surface area contributed by atoms with Gasteiger partial charge in [-0.15, -0.1) is 0 Å². The lowest BCUT2D eigenvalue weighted by molar-refractivity contribution is -0.384. The van der Waals surface area contributed by atoms with Gasteiger partial charge in [-0.05, 0) is 31.9 Å². The lowest BCUT2D eigenvalue weighted by atomic mass is 10.2. The first kappa shape index (κ1) is 17.4. The van der Waals surface area contributed by atoms with Crippen molar-refractivity contribution in [2.45, 2.75) is 44.6 Å². The van der Waals surface area contributed by atoms with E-state index in [0.717, 1.165) is 12.5 Å². The molecule has 1 rings (SSSR count). The number of aryl methyl sites for hydroxylation is 1. The van der Waals surface area contributed by atoms with Crippen LogP contribution in [0.25, 0.3) is 0 Å². The van der Waals surface area contributed by atoms with E-state index in [1.54, 1.807) is 20.9 Å². The monoisotopic (exact) mass is 315 g/mol. The van der Waals surface area contributed by atoms with E-state index in [4.69, 9.17) is 0 Å². The molecule has 0 radical (unpaired) electrons. The lowest BCUT2D eigenvalue weighted by Gasteiger charge is -2.15. The molecule has 21 heavy (non-hydrogen) atoms. The van der Waals surface area contributed by atoms with Crippen LogP contribution in [0, 0.1) is 17.0 Å². The van der Waals surface area contributed by atoms with Crippen LogP contribution in [0.15, 0.2) is 17.0 Å². The summed E-state index contributed by atoms with van der Waals surface area (Å²) in [6.45, 7) is 5.35. The number of sulfonamides is 1. The molecule has 1 atom stereocenters. The van der Waals surface area contributed by atoms with E-state index in [2.05, 4.69) is 10.0 Å². The SMILES string of the molecule is CCCC(C)NS(=O)(=O)c1cc([N+](=O)[O-])c(NC)cc1C. The Kier molecular flexibility index (Phi) is 5.68. The maximum absolute atomic E-state index is 12.4. The topological polar surface area (TPSA) is 101 Å². The van der Waals surface area contributed by atoms with E-state index in [1.807, 2.05) is 6.92 Å². The Labute approximate surface area is 124 Å². The van der Waals surface area contributed by atoms with Gasteiger partial charge in [0.15, 0.2) is 0 Å². The highest BCUT2D eigenvalue weighted by molar-refractivity contribution is 7.89. The third-order valence-electron chi connectivity index (χ3n) is 3.13. The van der Waals surface area contributed by atoms with Crippen LogP contribution in [-0.2, 0) is 10.0 Å². The average Bonchev–Trinajstić information content (AvgIpc) is 2.37. The maximum Gasteiger partial charge on any atom is 0.293 e. The molecule has 0 spiro atoms. The van der Waals surface area contributed by atoms with Crippen LogP contribution in [0.3, 0.4) is 0 Å². The van der Waals surface area contributed by atoms with Gasteiger partial charge in [0.05, 0.1) is 9.82 Å². The molecule has 118 valence electrons. The summed E-state index contributed by atoms with van der Waals surface area (Å²) in [6, 6.07) is 2.35. The Bertz CT molecular complexity index is 629. The second-order valence-electron chi connectivity index (χ2n) is 4.95. The zero-order valence-electron chi connectivity index (χ0n) is 12.6. The molecule has 8 heteroatoms. The minimum atomic E-state index is -3.78. The van der Waals surface area contributed by atoms with Crippen molar-refractivity contribution in [1.82, 2.24) is 4.72 Å². The van der Waals surface area contributed by atoms with Gasteiger partial charge in [-0.25, -0.2) is 13.1 Å². The van der Waals surface area contributed by atoms with Crippen LogP contribution < -0.4 is 10.0 Å². The molecule has 0 aliphatic carbocycles. The highest BCUT2D eigenvalue weighted by Crippen LogP contribution is 2.30. The van der Waals surface area contributed by atoms with Gasteiger partial charge >= 0.3 is 0 Å². The van der Waals surface area contributed by atoms with Crippen molar-refractivity contribution in [3.05, 3.63) is 27.8 Å². The molecule has 1 aromatic carbocycles. The lowest BCUT2D eigenvalue weighted by Crippen LogP contribution is -2.32. The standard InChI is InChI=1S/C13H21N3O4S/c1-5-6-10(3)15-21(19,20)13-8-12(16(17)18)11(14-4)7-9(13)2/h7-8,10,14-15H,5-6H2,1-4H3. The molecule has 0 aliphatic rings. The van der Waals surface area contributed by atoms with Crippen LogP contribution in [0.5, 0.6) is 0 Å². The average molecular weight is 315 g/mol. The fourth-order valence-electron chi connectivity index (χ4n) is 2.14. The van der Waals surface area contributed by atoms with Crippen molar-refractivity contribution in [3.63, 3.8) is 0 Å². The maximum atomic E-state index is 12.4. The number of hydrogen-bond donors (Lipinski definition) is 2. The van der Waals surface area contributed by atoms with Gasteiger partial charge in [-0.2, -0.15) is 0 Å². The van der Waals surface area contributed by atoms with Crippen LogP contribution in [0.2, 0.25) is 0 Å². The summed E-state index contributed by atoms with van der Waals surface area (Å²) in [5.74, 6) is 0. The highest BCUT2D eigenvalue weighted by Gasteiger charge is 2.24. The van der Waals surface area contributed by atoms with Crippen LogP contribution >= 0.6 is 0 Å². The second kappa shape index (κ2) is 6.86. The van der Waals surface area contributed by atoms with Crippen molar-refractivity contribution < 1.29 is 13.3 Å². The Morgan fingerprint density at radius 1 is 1.38 bits per heavy atom. The molecular weight excluding hydrogens is 294 g/mol. The number of nitro groups is 1. The Hall–Kier alpha value is -1.67. The molecule has 0 bridgehead atoms. The Balaban J connectivity index is 3.29. The number of benzene rings is 1. The molecular formula is C13H21N3O4S. The summed E-state index contributed by atoms with van der Waals surface area (Å²) >= 11 is 0. The van der Waals surface area contributed by atoms with E-state index in [-0.39, 0.29) is 22.3 Å². The molecule has 0 aliphatic heterocycles. The fraction of sp³-hybridized carbons (Fsp3) is 0.538. The molecule has 0 amide bonds. The number of hydrogen-bond acceptors (Lipinski definition) is 5. The Morgan fingerprint density at radius 2 is 2.00 bits per heavy atom. The minimum absolute atomic E-state index is 0.0591. The number of nitrogens with one attached hydrogen (secondary N) is 2. The van der Waals surface area contributed by atoms with Crippen molar-refractivity contribution in [1.29, 1.82) is 0 Å². The predicted molar refractivity (Wildman–Crippen MR) is 82.1 cm³/mol. The predicted octanol–water partition coefficient (Wildman–Crippen LogP) is 2.41. The summed E-state index contributed by atoms with van der Waals surface area (Å²) in [5.41, 5.74) is 0.492. The first-order chi connectivity index (χ1) is 9.72. The third-order valence-corrected chi connectivity index (χ3v) is 4.86. The minimum Gasteiger partial charge on any atom is -0.383 e. The van der Waals surface area contributed by atoms with E-state index in [9.17, 15) is 18.5 Å². The molecule has 0 saturated heterocycles. The van der Waals surface area contributed by atoms with Gasteiger partial charge in [0.2, 0.25) is 10.0 Å². The van der Waals surface area contributed by atoms with Crippen molar-refractivity contribution in [2.24, 2.45) is 0 Å². The molecule has 0 aromatic heterocycles. The van der Waals surface area contributed by atoms with Crippen LogP contribution in [0.1, 0.15) is 32.3 Å². The number of anilines is 1. The number of rotatable bonds is 7. The molecule has 2 N–H and O–H groups in total. The van der Waals surface area contributed by atoms with Crippen LogP contribution in [0.4, 0.5) is 11.4 Å². The molecule has 7 nitrogen and oxygen atoms in total.